The van der Waals surface area contributed by atoms with Gasteiger partial charge in [0.15, 0.2) is 0 Å². The molecule has 2 rings (SSSR count). The summed E-state index contributed by atoms with van der Waals surface area (Å²) in [6, 6.07) is 5.08. The lowest BCUT2D eigenvalue weighted by Gasteiger charge is -2.27. The van der Waals surface area contributed by atoms with Crippen LogP contribution in [0, 0.1) is 12.8 Å². The first kappa shape index (κ1) is 18.6. The van der Waals surface area contributed by atoms with Crippen LogP contribution in [0.5, 0.6) is 5.75 Å². The first-order valence-electron chi connectivity index (χ1n) is 7.06. The molecular weight excluding hydrogens is 314 g/mol. The molecule has 4 nitrogen and oxygen atoms in total. The molecule has 0 saturated carbocycles. The van der Waals surface area contributed by atoms with E-state index in [-0.39, 0.29) is 36.0 Å². The highest BCUT2D eigenvalue weighted by atomic mass is 35.5. The van der Waals surface area contributed by atoms with Crippen LogP contribution in [0.1, 0.15) is 25.3 Å². The van der Waals surface area contributed by atoms with Gasteiger partial charge in [-0.3, -0.25) is 4.79 Å². The molecule has 0 radical (unpaired) electrons. The summed E-state index contributed by atoms with van der Waals surface area (Å²) in [6.07, 6.45) is 1.48. The predicted molar refractivity (Wildman–Crippen MR) is 83.9 cm³/mol. The van der Waals surface area contributed by atoms with Crippen molar-refractivity contribution in [3.63, 3.8) is 0 Å². The largest absolute Gasteiger partial charge is 0.433 e. The SMILES string of the molecule is Cc1cccc(OC(F)F)c1NC(=O)[C@H]1CCN[C@@H](C)C1.Cl. The van der Waals surface area contributed by atoms with E-state index in [4.69, 9.17) is 0 Å². The molecule has 2 atom stereocenters. The molecule has 22 heavy (non-hydrogen) atoms. The van der Waals surface area contributed by atoms with E-state index in [2.05, 4.69) is 15.4 Å². The highest BCUT2D eigenvalue weighted by molar-refractivity contribution is 5.94. The van der Waals surface area contributed by atoms with Gasteiger partial charge in [0.25, 0.3) is 0 Å². The van der Waals surface area contributed by atoms with E-state index in [1.807, 2.05) is 6.92 Å². The zero-order valence-electron chi connectivity index (χ0n) is 12.6. The van der Waals surface area contributed by atoms with Gasteiger partial charge in [-0.05, 0) is 44.9 Å². The minimum atomic E-state index is -2.92. The minimum absolute atomic E-state index is 0. The fourth-order valence-electron chi connectivity index (χ4n) is 2.59. The summed E-state index contributed by atoms with van der Waals surface area (Å²) >= 11 is 0. The summed E-state index contributed by atoms with van der Waals surface area (Å²) in [5.41, 5.74) is 1.03. The maximum absolute atomic E-state index is 12.4. The van der Waals surface area contributed by atoms with Crippen molar-refractivity contribution < 1.29 is 18.3 Å². The van der Waals surface area contributed by atoms with Gasteiger partial charge in [0.05, 0.1) is 5.69 Å². The van der Waals surface area contributed by atoms with Crippen LogP contribution in [0.25, 0.3) is 0 Å². The van der Waals surface area contributed by atoms with E-state index >= 15 is 0 Å². The second kappa shape index (κ2) is 8.29. The fraction of sp³-hybridized carbons (Fsp3) is 0.533. The van der Waals surface area contributed by atoms with Crippen LogP contribution in [-0.4, -0.2) is 25.1 Å². The highest BCUT2D eigenvalue weighted by Crippen LogP contribution is 2.30. The molecule has 0 unspecified atom stereocenters. The number of benzene rings is 1. The summed E-state index contributed by atoms with van der Waals surface area (Å²) in [5.74, 6) is -0.252. The molecule has 2 N–H and O–H groups in total. The van der Waals surface area contributed by atoms with Crippen molar-refractivity contribution in [3.05, 3.63) is 23.8 Å². The van der Waals surface area contributed by atoms with E-state index in [1.165, 1.54) is 6.07 Å². The van der Waals surface area contributed by atoms with Gasteiger partial charge in [-0.25, -0.2) is 0 Å². The number of carbonyl (C=O) groups is 1. The minimum Gasteiger partial charge on any atom is -0.433 e. The molecule has 1 aliphatic heterocycles. The molecule has 1 fully saturated rings. The zero-order valence-corrected chi connectivity index (χ0v) is 13.4. The van der Waals surface area contributed by atoms with Gasteiger partial charge in [0.1, 0.15) is 5.75 Å². The molecule has 1 aromatic rings. The Bertz CT molecular complexity index is 514. The van der Waals surface area contributed by atoms with Gasteiger partial charge in [-0.15, -0.1) is 12.4 Å². The third-order valence-electron chi connectivity index (χ3n) is 3.69. The number of ether oxygens (including phenoxy) is 1. The summed E-state index contributed by atoms with van der Waals surface area (Å²) in [7, 11) is 0. The van der Waals surface area contributed by atoms with Gasteiger partial charge in [-0.2, -0.15) is 8.78 Å². The number of nitrogens with one attached hydrogen (secondary N) is 2. The second-order valence-electron chi connectivity index (χ2n) is 5.39. The van der Waals surface area contributed by atoms with Crippen molar-refractivity contribution in [2.45, 2.75) is 39.3 Å². The fourth-order valence-corrected chi connectivity index (χ4v) is 2.59. The van der Waals surface area contributed by atoms with Gasteiger partial charge in [-0.1, -0.05) is 12.1 Å². The molecule has 1 saturated heterocycles. The number of piperidine rings is 1. The molecule has 1 aliphatic rings. The predicted octanol–water partition coefficient (Wildman–Crippen LogP) is 3.34. The molecule has 0 spiro atoms. The first-order valence-corrected chi connectivity index (χ1v) is 7.06. The van der Waals surface area contributed by atoms with E-state index in [9.17, 15) is 13.6 Å². The van der Waals surface area contributed by atoms with Crippen LogP contribution < -0.4 is 15.4 Å². The van der Waals surface area contributed by atoms with E-state index in [0.29, 0.717) is 11.3 Å². The Labute approximate surface area is 135 Å². The van der Waals surface area contributed by atoms with Gasteiger partial charge in [0, 0.05) is 12.0 Å². The number of aryl methyl sites for hydroxylation is 1. The maximum Gasteiger partial charge on any atom is 0.387 e. The summed E-state index contributed by atoms with van der Waals surface area (Å²) < 4.78 is 29.3. The molecule has 0 aromatic heterocycles. The number of alkyl halides is 2. The number of anilines is 1. The van der Waals surface area contributed by atoms with Crippen LogP contribution in [-0.2, 0) is 4.79 Å². The van der Waals surface area contributed by atoms with E-state index in [0.717, 1.165) is 19.4 Å². The van der Waals surface area contributed by atoms with Crippen molar-refractivity contribution in [2.24, 2.45) is 5.92 Å². The zero-order chi connectivity index (χ0) is 15.4. The Kier molecular flexibility index (Phi) is 7.03. The number of hydrogen-bond donors (Lipinski definition) is 2. The molecule has 1 heterocycles. The molecule has 1 aromatic carbocycles. The van der Waals surface area contributed by atoms with Gasteiger partial charge < -0.3 is 15.4 Å². The number of para-hydroxylation sites is 1. The Hall–Kier alpha value is -1.40. The standard InChI is InChI=1S/C15H20F2N2O2.ClH/c1-9-4-3-5-12(21-15(16)17)13(9)19-14(20)11-6-7-18-10(2)8-11;/h3-5,10-11,15,18H,6-8H2,1-2H3,(H,19,20);1H/t10-,11-;/m0./s1. The summed E-state index contributed by atoms with van der Waals surface area (Å²) in [6.45, 7) is 1.65. The normalized spacial score (nSPS) is 21.1. The maximum atomic E-state index is 12.4. The molecule has 124 valence electrons. The van der Waals surface area contributed by atoms with Crippen LogP contribution in [0.4, 0.5) is 14.5 Å². The van der Waals surface area contributed by atoms with E-state index in [1.54, 1.807) is 19.1 Å². The molecule has 1 amide bonds. The Balaban J connectivity index is 0.00000242. The van der Waals surface area contributed by atoms with Crippen LogP contribution in [0.3, 0.4) is 0 Å². The van der Waals surface area contributed by atoms with E-state index < -0.39 is 6.61 Å². The molecule has 0 bridgehead atoms. The molecule has 7 heteroatoms. The van der Waals surface area contributed by atoms with Crippen molar-refractivity contribution in [1.29, 1.82) is 0 Å². The lowest BCUT2D eigenvalue weighted by molar-refractivity contribution is -0.121. The Morgan fingerprint density at radius 1 is 1.45 bits per heavy atom. The topological polar surface area (TPSA) is 50.4 Å². The smallest absolute Gasteiger partial charge is 0.387 e. The van der Waals surface area contributed by atoms with Crippen LogP contribution in [0.15, 0.2) is 18.2 Å². The number of hydrogen-bond acceptors (Lipinski definition) is 3. The van der Waals surface area contributed by atoms with Gasteiger partial charge >= 0.3 is 6.61 Å². The Morgan fingerprint density at radius 2 is 2.18 bits per heavy atom. The monoisotopic (exact) mass is 334 g/mol. The Morgan fingerprint density at radius 3 is 2.82 bits per heavy atom. The average Bonchev–Trinajstić information content (AvgIpc) is 2.42. The van der Waals surface area contributed by atoms with Crippen LogP contribution in [0.2, 0.25) is 0 Å². The number of rotatable bonds is 4. The lowest BCUT2D eigenvalue weighted by Crippen LogP contribution is -2.40. The lowest BCUT2D eigenvalue weighted by atomic mass is 9.92. The van der Waals surface area contributed by atoms with Gasteiger partial charge in [0.2, 0.25) is 5.91 Å². The molecule has 0 aliphatic carbocycles. The van der Waals surface area contributed by atoms with Crippen molar-refractivity contribution in [1.82, 2.24) is 5.32 Å². The average molecular weight is 335 g/mol. The quantitative estimate of drug-likeness (QED) is 0.888. The number of amides is 1. The number of carbonyl (C=O) groups excluding carboxylic acids is 1. The van der Waals surface area contributed by atoms with Crippen LogP contribution >= 0.6 is 12.4 Å². The first-order chi connectivity index (χ1) is 9.97. The second-order valence-corrected chi connectivity index (χ2v) is 5.39. The summed E-state index contributed by atoms with van der Waals surface area (Å²) in [5, 5.41) is 6.03. The van der Waals surface area contributed by atoms with Crippen molar-refractivity contribution in [2.75, 3.05) is 11.9 Å². The summed E-state index contributed by atoms with van der Waals surface area (Å²) in [4.78, 5) is 12.3. The molecular formula is C15H21ClF2N2O2. The highest BCUT2D eigenvalue weighted by Gasteiger charge is 2.26. The third kappa shape index (κ3) is 4.81. The number of halogens is 3. The third-order valence-corrected chi connectivity index (χ3v) is 3.69. The van der Waals surface area contributed by atoms with Crippen molar-refractivity contribution in [3.8, 4) is 5.75 Å². The van der Waals surface area contributed by atoms with Crippen molar-refractivity contribution >= 4 is 24.0 Å².